The standard InChI is InChI=1S/C15H13N3O3/c19-14(12-8-16-5-6-17-12)18-9-11-4-2-1-3-10(11)7-13(18)15(20)21/h1-6,8,13H,7,9H2,(H,20,21). The highest BCUT2D eigenvalue weighted by molar-refractivity contribution is 5.95. The Morgan fingerprint density at radius 1 is 1.19 bits per heavy atom. The van der Waals surface area contributed by atoms with Gasteiger partial charge in [-0.2, -0.15) is 0 Å². The quantitative estimate of drug-likeness (QED) is 0.893. The summed E-state index contributed by atoms with van der Waals surface area (Å²) in [5.41, 5.74) is 2.09. The van der Waals surface area contributed by atoms with Crippen molar-refractivity contribution in [3.63, 3.8) is 0 Å². The molecule has 0 radical (unpaired) electrons. The third kappa shape index (κ3) is 2.47. The molecule has 2 aromatic rings. The summed E-state index contributed by atoms with van der Waals surface area (Å²) >= 11 is 0. The Kier molecular flexibility index (Phi) is 3.35. The second kappa shape index (κ2) is 5.32. The van der Waals surface area contributed by atoms with Gasteiger partial charge in [-0.1, -0.05) is 24.3 Å². The maximum Gasteiger partial charge on any atom is 0.326 e. The SMILES string of the molecule is O=C(O)C1Cc2ccccc2CN1C(=O)c1cnccn1. The van der Waals surface area contributed by atoms with Gasteiger partial charge in [-0.3, -0.25) is 9.78 Å². The van der Waals surface area contributed by atoms with Crippen LogP contribution < -0.4 is 0 Å². The van der Waals surface area contributed by atoms with Crippen LogP contribution in [-0.4, -0.2) is 37.9 Å². The Morgan fingerprint density at radius 2 is 1.95 bits per heavy atom. The molecular formula is C15H13N3O3. The summed E-state index contributed by atoms with van der Waals surface area (Å²) in [5, 5.41) is 9.40. The lowest BCUT2D eigenvalue weighted by atomic mass is 9.93. The van der Waals surface area contributed by atoms with Crippen molar-refractivity contribution < 1.29 is 14.7 Å². The largest absolute Gasteiger partial charge is 0.480 e. The minimum absolute atomic E-state index is 0.156. The van der Waals surface area contributed by atoms with E-state index in [9.17, 15) is 14.7 Å². The van der Waals surface area contributed by atoms with Gasteiger partial charge in [0.25, 0.3) is 5.91 Å². The van der Waals surface area contributed by atoms with Gasteiger partial charge in [0, 0.05) is 25.4 Å². The number of aromatic nitrogens is 2. The summed E-state index contributed by atoms with van der Waals surface area (Å²) in [6.45, 7) is 0.266. The first-order valence-corrected chi connectivity index (χ1v) is 6.53. The fraction of sp³-hybridized carbons (Fsp3) is 0.200. The van der Waals surface area contributed by atoms with Gasteiger partial charge in [0.2, 0.25) is 0 Å². The zero-order chi connectivity index (χ0) is 14.8. The van der Waals surface area contributed by atoms with Crippen molar-refractivity contribution in [2.24, 2.45) is 0 Å². The van der Waals surface area contributed by atoms with E-state index in [1.54, 1.807) is 0 Å². The summed E-state index contributed by atoms with van der Waals surface area (Å²) in [7, 11) is 0. The molecule has 6 nitrogen and oxygen atoms in total. The number of amides is 1. The fourth-order valence-electron chi connectivity index (χ4n) is 2.51. The van der Waals surface area contributed by atoms with Crippen LogP contribution in [0.4, 0.5) is 0 Å². The minimum Gasteiger partial charge on any atom is -0.480 e. The molecule has 0 aliphatic carbocycles. The average molecular weight is 283 g/mol. The van der Waals surface area contributed by atoms with Gasteiger partial charge in [-0.25, -0.2) is 9.78 Å². The van der Waals surface area contributed by atoms with Crippen molar-refractivity contribution in [2.75, 3.05) is 0 Å². The van der Waals surface area contributed by atoms with E-state index in [-0.39, 0.29) is 12.2 Å². The number of hydrogen-bond acceptors (Lipinski definition) is 4. The van der Waals surface area contributed by atoms with Crippen LogP contribution in [0.2, 0.25) is 0 Å². The van der Waals surface area contributed by atoms with Gasteiger partial charge in [0.05, 0.1) is 6.20 Å². The molecule has 1 unspecified atom stereocenters. The lowest BCUT2D eigenvalue weighted by molar-refractivity contribution is -0.142. The second-order valence-corrected chi connectivity index (χ2v) is 4.85. The van der Waals surface area contributed by atoms with Crippen molar-refractivity contribution in [1.29, 1.82) is 0 Å². The summed E-state index contributed by atoms with van der Waals surface area (Å²) < 4.78 is 0. The lowest BCUT2D eigenvalue weighted by Gasteiger charge is -2.34. The second-order valence-electron chi connectivity index (χ2n) is 4.85. The van der Waals surface area contributed by atoms with E-state index in [0.29, 0.717) is 6.42 Å². The minimum atomic E-state index is -1.01. The molecule has 3 rings (SSSR count). The Labute approximate surface area is 121 Å². The van der Waals surface area contributed by atoms with E-state index < -0.39 is 17.9 Å². The number of rotatable bonds is 2. The maximum absolute atomic E-state index is 12.5. The van der Waals surface area contributed by atoms with Crippen LogP contribution in [0.3, 0.4) is 0 Å². The molecule has 1 N–H and O–H groups in total. The number of carbonyl (C=O) groups excluding carboxylic acids is 1. The van der Waals surface area contributed by atoms with E-state index in [0.717, 1.165) is 11.1 Å². The van der Waals surface area contributed by atoms with Crippen LogP contribution in [0.15, 0.2) is 42.9 Å². The van der Waals surface area contributed by atoms with Crippen molar-refractivity contribution in [2.45, 2.75) is 19.0 Å². The van der Waals surface area contributed by atoms with E-state index in [2.05, 4.69) is 9.97 Å². The smallest absolute Gasteiger partial charge is 0.326 e. The molecule has 1 amide bonds. The van der Waals surface area contributed by atoms with Crippen LogP contribution >= 0.6 is 0 Å². The number of nitrogens with zero attached hydrogens (tertiary/aromatic N) is 3. The third-order valence-corrected chi connectivity index (χ3v) is 3.58. The molecule has 0 bridgehead atoms. The molecule has 2 heterocycles. The number of carboxylic acids is 1. The number of benzene rings is 1. The number of carbonyl (C=O) groups is 2. The van der Waals surface area contributed by atoms with Crippen molar-refractivity contribution >= 4 is 11.9 Å². The topological polar surface area (TPSA) is 83.4 Å². The first-order chi connectivity index (χ1) is 10.2. The molecule has 0 spiro atoms. The molecule has 1 aliphatic heterocycles. The Bertz CT molecular complexity index is 688. The molecule has 0 saturated carbocycles. The molecule has 1 aromatic carbocycles. The van der Waals surface area contributed by atoms with Crippen molar-refractivity contribution in [1.82, 2.24) is 14.9 Å². The summed E-state index contributed by atoms with van der Waals surface area (Å²) in [6, 6.07) is 6.68. The molecule has 106 valence electrons. The van der Waals surface area contributed by atoms with Crippen molar-refractivity contribution in [3.05, 3.63) is 59.7 Å². The molecule has 1 aromatic heterocycles. The predicted molar refractivity (Wildman–Crippen MR) is 73.5 cm³/mol. The zero-order valence-corrected chi connectivity index (χ0v) is 11.1. The first kappa shape index (κ1) is 13.2. The van der Waals surface area contributed by atoms with Crippen LogP contribution in [0.1, 0.15) is 21.6 Å². The van der Waals surface area contributed by atoms with Gasteiger partial charge in [-0.15, -0.1) is 0 Å². The van der Waals surface area contributed by atoms with E-state index in [1.165, 1.54) is 23.5 Å². The number of carboxylic acid groups (broad SMARTS) is 1. The number of aliphatic carboxylic acids is 1. The normalized spacial score (nSPS) is 17.1. The highest BCUT2D eigenvalue weighted by Gasteiger charge is 2.35. The Balaban J connectivity index is 1.96. The van der Waals surface area contributed by atoms with Crippen LogP contribution in [0.25, 0.3) is 0 Å². The molecule has 0 fully saturated rings. The number of fused-ring (bicyclic) bond motifs is 1. The van der Waals surface area contributed by atoms with E-state index in [1.807, 2.05) is 24.3 Å². The van der Waals surface area contributed by atoms with E-state index in [4.69, 9.17) is 0 Å². The summed E-state index contributed by atoms with van der Waals surface area (Å²) in [4.78, 5) is 33.1. The van der Waals surface area contributed by atoms with Crippen LogP contribution in [-0.2, 0) is 17.8 Å². The van der Waals surface area contributed by atoms with Gasteiger partial charge < -0.3 is 10.0 Å². The van der Waals surface area contributed by atoms with E-state index >= 15 is 0 Å². The molecule has 1 atom stereocenters. The number of hydrogen-bond donors (Lipinski definition) is 1. The summed E-state index contributed by atoms with van der Waals surface area (Å²) in [5.74, 6) is -1.42. The van der Waals surface area contributed by atoms with Crippen LogP contribution in [0, 0.1) is 0 Å². The highest BCUT2D eigenvalue weighted by atomic mass is 16.4. The lowest BCUT2D eigenvalue weighted by Crippen LogP contribution is -2.48. The van der Waals surface area contributed by atoms with Gasteiger partial charge in [-0.05, 0) is 11.1 Å². The highest BCUT2D eigenvalue weighted by Crippen LogP contribution is 2.24. The molecule has 1 aliphatic rings. The Morgan fingerprint density at radius 3 is 2.62 bits per heavy atom. The third-order valence-electron chi connectivity index (χ3n) is 3.58. The van der Waals surface area contributed by atoms with Gasteiger partial charge in [0.15, 0.2) is 0 Å². The predicted octanol–water partition coefficient (Wildman–Crippen LogP) is 1.13. The van der Waals surface area contributed by atoms with Crippen molar-refractivity contribution in [3.8, 4) is 0 Å². The summed E-state index contributed by atoms with van der Waals surface area (Å²) in [6.07, 6.45) is 4.54. The van der Waals surface area contributed by atoms with Crippen LogP contribution in [0.5, 0.6) is 0 Å². The molecule has 21 heavy (non-hydrogen) atoms. The molecular weight excluding hydrogens is 270 g/mol. The Hall–Kier alpha value is -2.76. The van der Waals surface area contributed by atoms with Gasteiger partial charge in [0.1, 0.15) is 11.7 Å². The monoisotopic (exact) mass is 283 g/mol. The molecule has 6 heteroatoms. The fourth-order valence-corrected chi connectivity index (χ4v) is 2.51. The first-order valence-electron chi connectivity index (χ1n) is 6.53. The zero-order valence-electron chi connectivity index (χ0n) is 11.1. The molecule has 0 saturated heterocycles. The maximum atomic E-state index is 12.5. The average Bonchev–Trinajstić information content (AvgIpc) is 2.53. The van der Waals surface area contributed by atoms with Gasteiger partial charge >= 0.3 is 5.97 Å².